The second-order valence-corrected chi connectivity index (χ2v) is 2.97. The normalized spacial score (nSPS) is 10.6. The molecule has 0 aliphatic rings. The third-order valence-corrected chi connectivity index (χ3v) is 1.84. The molecule has 0 saturated heterocycles. The second-order valence-electron chi connectivity index (χ2n) is 2.53. The van der Waals surface area contributed by atoms with E-state index in [9.17, 15) is 4.79 Å². The Hall–Kier alpha value is -1.12. The fourth-order valence-corrected chi connectivity index (χ4v) is 1.18. The number of carbonyl (C=O) groups excluding carboxylic acids is 1. The van der Waals surface area contributed by atoms with Gasteiger partial charge in [-0.25, -0.2) is 0 Å². The lowest BCUT2D eigenvalue weighted by atomic mass is 10.1. The average Bonchev–Trinajstić information content (AvgIpc) is 2.16. The minimum atomic E-state index is 0.459. The van der Waals surface area contributed by atoms with Crippen LogP contribution in [-0.2, 0) is 0 Å². The molecule has 0 amide bonds. The molecule has 2 N–H and O–H groups in total. The number of hydrogen-bond donors (Lipinski definition) is 1. The van der Waals surface area contributed by atoms with Crippen LogP contribution in [0.25, 0.3) is 6.08 Å². The summed E-state index contributed by atoms with van der Waals surface area (Å²) < 4.78 is 0. The van der Waals surface area contributed by atoms with Crippen molar-refractivity contribution >= 4 is 24.0 Å². The lowest BCUT2D eigenvalue weighted by Gasteiger charge is -1.98. The third-order valence-electron chi connectivity index (χ3n) is 1.61. The number of benzene rings is 1. The molecule has 0 aliphatic carbocycles. The number of aldehydes is 1. The molecule has 0 heterocycles. The number of carbonyl (C=O) groups is 1. The summed E-state index contributed by atoms with van der Waals surface area (Å²) in [6.07, 6.45) is 4.37. The van der Waals surface area contributed by atoms with Crippen LogP contribution in [0.3, 0.4) is 0 Å². The lowest BCUT2D eigenvalue weighted by molar-refractivity contribution is 0.112. The quantitative estimate of drug-likeness (QED) is 0.751. The summed E-state index contributed by atoms with van der Waals surface area (Å²) in [4.78, 5) is 10.6. The van der Waals surface area contributed by atoms with Gasteiger partial charge in [0.15, 0.2) is 6.29 Å². The summed E-state index contributed by atoms with van der Waals surface area (Å²) in [6.45, 7) is 0.459. The first-order valence-corrected chi connectivity index (χ1v) is 4.27. The molecular weight excluding hydrogens is 186 g/mol. The first-order chi connectivity index (χ1) is 6.27. The van der Waals surface area contributed by atoms with E-state index in [1.807, 2.05) is 0 Å². The topological polar surface area (TPSA) is 43.1 Å². The van der Waals surface area contributed by atoms with Crippen molar-refractivity contribution in [3.05, 3.63) is 40.4 Å². The second kappa shape index (κ2) is 4.80. The molecule has 13 heavy (non-hydrogen) atoms. The van der Waals surface area contributed by atoms with Crippen LogP contribution in [0.2, 0.25) is 5.02 Å². The summed E-state index contributed by atoms with van der Waals surface area (Å²) in [5, 5.41) is 0.562. The van der Waals surface area contributed by atoms with E-state index in [1.54, 1.807) is 30.4 Å². The predicted octanol–water partition coefficient (Wildman–Crippen LogP) is 2.12. The van der Waals surface area contributed by atoms with E-state index in [1.165, 1.54) is 0 Å². The van der Waals surface area contributed by atoms with E-state index < -0.39 is 0 Å². The summed E-state index contributed by atoms with van der Waals surface area (Å²) >= 11 is 5.72. The van der Waals surface area contributed by atoms with Gasteiger partial charge in [0.05, 0.1) is 0 Å². The van der Waals surface area contributed by atoms with Gasteiger partial charge in [0, 0.05) is 17.1 Å². The molecule has 2 nitrogen and oxygen atoms in total. The summed E-state index contributed by atoms with van der Waals surface area (Å²) in [5.74, 6) is 0. The van der Waals surface area contributed by atoms with Gasteiger partial charge in [-0.2, -0.15) is 0 Å². The van der Waals surface area contributed by atoms with Crippen LogP contribution in [0.15, 0.2) is 24.3 Å². The summed E-state index contributed by atoms with van der Waals surface area (Å²) in [6, 6.07) is 5.16. The largest absolute Gasteiger partial charge is 0.327 e. The van der Waals surface area contributed by atoms with E-state index in [2.05, 4.69) is 0 Å². The van der Waals surface area contributed by atoms with Gasteiger partial charge in [0.1, 0.15) is 0 Å². The van der Waals surface area contributed by atoms with Crippen LogP contribution < -0.4 is 5.73 Å². The zero-order valence-corrected chi connectivity index (χ0v) is 7.79. The van der Waals surface area contributed by atoms with E-state index in [-0.39, 0.29) is 0 Å². The number of rotatable bonds is 3. The van der Waals surface area contributed by atoms with Gasteiger partial charge in [-0.05, 0) is 17.7 Å². The van der Waals surface area contributed by atoms with Crippen molar-refractivity contribution in [1.29, 1.82) is 0 Å². The monoisotopic (exact) mass is 195 g/mol. The van der Waals surface area contributed by atoms with Crippen molar-refractivity contribution in [3.63, 3.8) is 0 Å². The molecule has 0 atom stereocenters. The molecule has 68 valence electrons. The molecule has 1 rings (SSSR count). The van der Waals surface area contributed by atoms with Crippen LogP contribution in [0, 0.1) is 0 Å². The number of halogens is 1. The maximum atomic E-state index is 10.6. The van der Waals surface area contributed by atoms with Crippen LogP contribution in [-0.4, -0.2) is 12.8 Å². The molecule has 0 saturated carbocycles. The van der Waals surface area contributed by atoms with Gasteiger partial charge in [0.2, 0.25) is 0 Å². The lowest BCUT2D eigenvalue weighted by Crippen LogP contribution is -1.93. The minimum absolute atomic E-state index is 0.459. The van der Waals surface area contributed by atoms with Crippen LogP contribution in [0.1, 0.15) is 15.9 Å². The highest BCUT2D eigenvalue weighted by Crippen LogP contribution is 2.15. The Labute approximate surface area is 82.0 Å². The van der Waals surface area contributed by atoms with E-state index in [0.29, 0.717) is 17.1 Å². The highest BCUT2D eigenvalue weighted by molar-refractivity contribution is 6.30. The Morgan fingerprint density at radius 2 is 2.15 bits per heavy atom. The van der Waals surface area contributed by atoms with Crippen molar-refractivity contribution in [2.24, 2.45) is 5.73 Å². The van der Waals surface area contributed by atoms with Crippen molar-refractivity contribution in [2.45, 2.75) is 0 Å². The Kier molecular flexibility index (Phi) is 3.68. The standard InChI is InChI=1S/C10H10ClNO/c11-10-4-3-8(2-1-5-12)9(6-10)7-13/h1-4,6-7H,5,12H2. The molecule has 0 radical (unpaired) electrons. The maximum absolute atomic E-state index is 10.6. The zero-order chi connectivity index (χ0) is 9.68. The minimum Gasteiger partial charge on any atom is -0.327 e. The van der Waals surface area contributed by atoms with Gasteiger partial charge < -0.3 is 5.73 Å². The molecule has 0 fully saturated rings. The maximum Gasteiger partial charge on any atom is 0.150 e. The van der Waals surface area contributed by atoms with Crippen LogP contribution in [0.5, 0.6) is 0 Å². The molecule has 0 bridgehead atoms. The SMILES string of the molecule is NCC=Cc1ccc(Cl)cc1C=O. The van der Waals surface area contributed by atoms with Gasteiger partial charge in [-0.1, -0.05) is 29.8 Å². The molecule has 1 aromatic carbocycles. The molecule has 0 unspecified atom stereocenters. The average molecular weight is 196 g/mol. The third kappa shape index (κ3) is 2.68. The first kappa shape index (κ1) is 9.96. The van der Waals surface area contributed by atoms with Crippen LogP contribution >= 0.6 is 11.6 Å². The Bertz CT molecular complexity index is 334. The molecule has 3 heteroatoms. The van der Waals surface area contributed by atoms with Gasteiger partial charge >= 0.3 is 0 Å². The van der Waals surface area contributed by atoms with Crippen LogP contribution in [0.4, 0.5) is 0 Å². The van der Waals surface area contributed by atoms with Crippen molar-refractivity contribution < 1.29 is 4.79 Å². The fraction of sp³-hybridized carbons (Fsp3) is 0.100. The smallest absolute Gasteiger partial charge is 0.150 e. The predicted molar refractivity (Wildman–Crippen MR) is 54.9 cm³/mol. The van der Waals surface area contributed by atoms with Gasteiger partial charge in [-0.3, -0.25) is 4.79 Å². The summed E-state index contributed by atoms with van der Waals surface area (Å²) in [7, 11) is 0. The molecule has 0 aromatic heterocycles. The Morgan fingerprint density at radius 3 is 2.77 bits per heavy atom. The fourth-order valence-electron chi connectivity index (χ4n) is 0.994. The molecule has 0 spiro atoms. The first-order valence-electron chi connectivity index (χ1n) is 3.89. The number of nitrogens with two attached hydrogens (primary N) is 1. The van der Waals surface area contributed by atoms with Gasteiger partial charge in [0.25, 0.3) is 0 Å². The number of hydrogen-bond acceptors (Lipinski definition) is 2. The van der Waals surface area contributed by atoms with Crippen molar-refractivity contribution in [1.82, 2.24) is 0 Å². The van der Waals surface area contributed by atoms with Gasteiger partial charge in [-0.15, -0.1) is 0 Å². The Morgan fingerprint density at radius 1 is 1.38 bits per heavy atom. The van der Waals surface area contributed by atoms with E-state index in [4.69, 9.17) is 17.3 Å². The van der Waals surface area contributed by atoms with Crippen molar-refractivity contribution in [2.75, 3.05) is 6.54 Å². The molecule has 0 aliphatic heterocycles. The van der Waals surface area contributed by atoms with Crippen molar-refractivity contribution in [3.8, 4) is 0 Å². The molecular formula is C10H10ClNO. The highest BCUT2D eigenvalue weighted by Gasteiger charge is 1.98. The highest BCUT2D eigenvalue weighted by atomic mass is 35.5. The molecule has 1 aromatic rings. The van der Waals surface area contributed by atoms with E-state index in [0.717, 1.165) is 11.8 Å². The summed E-state index contributed by atoms with van der Waals surface area (Å²) in [5.41, 5.74) is 6.72. The Balaban J connectivity index is 3.06. The zero-order valence-electron chi connectivity index (χ0n) is 7.03. The van der Waals surface area contributed by atoms with E-state index >= 15 is 0 Å².